The maximum absolute atomic E-state index is 13.1. The van der Waals surface area contributed by atoms with Crippen molar-refractivity contribution >= 4 is 12.2 Å². The van der Waals surface area contributed by atoms with E-state index in [1.54, 1.807) is 18.2 Å². The first-order valence-electron chi connectivity index (χ1n) is 6.14. The smallest absolute Gasteiger partial charge is 0.248 e. The lowest BCUT2D eigenvalue weighted by Gasteiger charge is -1.93. The summed E-state index contributed by atoms with van der Waals surface area (Å²) in [6, 6.07) is 15.9. The summed E-state index contributed by atoms with van der Waals surface area (Å²) in [6.07, 6.45) is 3.61. The van der Waals surface area contributed by atoms with Gasteiger partial charge in [-0.3, -0.25) is 0 Å². The first kappa shape index (κ1) is 12.3. The van der Waals surface area contributed by atoms with Gasteiger partial charge < -0.3 is 4.42 Å². The molecule has 3 rings (SSSR count). The van der Waals surface area contributed by atoms with E-state index < -0.39 is 0 Å². The lowest BCUT2D eigenvalue weighted by Crippen LogP contribution is -1.79. The first-order chi connectivity index (χ1) is 9.81. The summed E-state index contributed by atoms with van der Waals surface area (Å²) in [4.78, 5) is 0. The highest BCUT2D eigenvalue weighted by atomic mass is 19.1. The van der Waals surface area contributed by atoms with Crippen LogP contribution in [0.3, 0.4) is 0 Å². The summed E-state index contributed by atoms with van der Waals surface area (Å²) in [5.41, 5.74) is 1.61. The largest absolute Gasteiger partial charge is 0.417 e. The van der Waals surface area contributed by atoms with Gasteiger partial charge in [0.15, 0.2) is 0 Å². The van der Waals surface area contributed by atoms with E-state index in [0.29, 0.717) is 17.3 Å². The Hall–Kier alpha value is -2.75. The molecular formula is C16H11FN2O. The Morgan fingerprint density at radius 3 is 2.55 bits per heavy atom. The SMILES string of the molecule is Fc1cccc(-c2nnc(/C=C/c3ccccc3)o2)c1. The molecule has 2 aromatic carbocycles. The van der Waals surface area contributed by atoms with E-state index in [1.807, 2.05) is 36.4 Å². The van der Waals surface area contributed by atoms with Crippen LogP contribution in [0.15, 0.2) is 59.0 Å². The van der Waals surface area contributed by atoms with E-state index in [2.05, 4.69) is 10.2 Å². The molecule has 3 nitrogen and oxygen atoms in total. The van der Waals surface area contributed by atoms with Gasteiger partial charge in [0.25, 0.3) is 0 Å². The fraction of sp³-hybridized carbons (Fsp3) is 0. The molecule has 1 aromatic heterocycles. The number of hydrogen-bond donors (Lipinski definition) is 0. The molecule has 0 N–H and O–H groups in total. The molecule has 0 aliphatic carbocycles. The number of halogens is 1. The molecule has 4 heteroatoms. The van der Waals surface area contributed by atoms with Crippen molar-refractivity contribution in [3.05, 3.63) is 71.9 Å². The van der Waals surface area contributed by atoms with E-state index >= 15 is 0 Å². The minimum atomic E-state index is -0.331. The third-order valence-corrected chi connectivity index (χ3v) is 2.73. The fourth-order valence-electron chi connectivity index (χ4n) is 1.77. The average Bonchev–Trinajstić information content (AvgIpc) is 2.95. The molecule has 20 heavy (non-hydrogen) atoms. The zero-order chi connectivity index (χ0) is 13.8. The lowest BCUT2D eigenvalue weighted by molar-refractivity contribution is 0.556. The number of aromatic nitrogens is 2. The number of benzene rings is 2. The number of hydrogen-bond acceptors (Lipinski definition) is 3. The monoisotopic (exact) mass is 266 g/mol. The molecule has 3 aromatic rings. The fourth-order valence-corrected chi connectivity index (χ4v) is 1.77. The second-order valence-electron chi connectivity index (χ2n) is 4.20. The molecule has 0 fully saturated rings. The normalized spacial score (nSPS) is 11.1. The Morgan fingerprint density at radius 2 is 1.75 bits per heavy atom. The van der Waals surface area contributed by atoms with E-state index in [-0.39, 0.29) is 5.82 Å². The minimum Gasteiger partial charge on any atom is -0.417 e. The van der Waals surface area contributed by atoms with Crippen LogP contribution in [-0.2, 0) is 0 Å². The summed E-state index contributed by atoms with van der Waals surface area (Å²) >= 11 is 0. The highest BCUT2D eigenvalue weighted by Gasteiger charge is 2.07. The summed E-state index contributed by atoms with van der Waals surface area (Å²) in [5, 5.41) is 7.82. The average molecular weight is 266 g/mol. The zero-order valence-corrected chi connectivity index (χ0v) is 10.5. The maximum atomic E-state index is 13.1. The van der Waals surface area contributed by atoms with Crippen molar-refractivity contribution in [1.29, 1.82) is 0 Å². The Bertz CT molecular complexity index is 735. The quantitative estimate of drug-likeness (QED) is 0.718. The van der Waals surface area contributed by atoms with Crippen LogP contribution in [0.25, 0.3) is 23.6 Å². The molecule has 0 aliphatic heterocycles. The van der Waals surface area contributed by atoms with Crippen LogP contribution in [0.5, 0.6) is 0 Å². The van der Waals surface area contributed by atoms with Crippen LogP contribution in [0.4, 0.5) is 4.39 Å². The molecule has 0 saturated heterocycles. The second-order valence-corrected chi connectivity index (χ2v) is 4.20. The molecule has 1 heterocycles. The Morgan fingerprint density at radius 1 is 0.900 bits per heavy atom. The van der Waals surface area contributed by atoms with Crippen molar-refractivity contribution in [2.75, 3.05) is 0 Å². The van der Waals surface area contributed by atoms with Crippen LogP contribution in [0.2, 0.25) is 0 Å². The van der Waals surface area contributed by atoms with Crippen LogP contribution >= 0.6 is 0 Å². The van der Waals surface area contributed by atoms with Crippen LogP contribution in [-0.4, -0.2) is 10.2 Å². The molecule has 0 bridgehead atoms. The van der Waals surface area contributed by atoms with Crippen molar-refractivity contribution in [3.8, 4) is 11.5 Å². The summed E-state index contributed by atoms with van der Waals surface area (Å²) in [5.74, 6) is 0.354. The zero-order valence-electron chi connectivity index (χ0n) is 10.5. The molecule has 0 amide bonds. The molecule has 0 atom stereocenters. The van der Waals surface area contributed by atoms with Crippen molar-refractivity contribution in [2.45, 2.75) is 0 Å². The topological polar surface area (TPSA) is 38.9 Å². The predicted molar refractivity (Wildman–Crippen MR) is 75.1 cm³/mol. The third kappa shape index (κ3) is 2.80. The van der Waals surface area contributed by atoms with Crippen molar-refractivity contribution in [1.82, 2.24) is 10.2 Å². The van der Waals surface area contributed by atoms with Gasteiger partial charge in [-0.25, -0.2) is 4.39 Å². The predicted octanol–water partition coefficient (Wildman–Crippen LogP) is 4.05. The van der Waals surface area contributed by atoms with Crippen LogP contribution in [0, 0.1) is 5.82 Å². The molecule has 98 valence electrons. The van der Waals surface area contributed by atoms with Gasteiger partial charge in [0.2, 0.25) is 11.8 Å². The molecule has 0 saturated carbocycles. The molecular weight excluding hydrogens is 255 g/mol. The Balaban J connectivity index is 1.82. The van der Waals surface area contributed by atoms with Gasteiger partial charge in [-0.2, -0.15) is 0 Å². The molecule has 0 radical (unpaired) electrons. The summed E-state index contributed by atoms with van der Waals surface area (Å²) in [7, 11) is 0. The van der Waals surface area contributed by atoms with Gasteiger partial charge >= 0.3 is 0 Å². The van der Waals surface area contributed by atoms with E-state index in [4.69, 9.17) is 4.42 Å². The second kappa shape index (κ2) is 5.48. The van der Waals surface area contributed by atoms with Crippen LogP contribution in [0.1, 0.15) is 11.5 Å². The van der Waals surface area contributed by atoms with Crippen molar-refractivity contribution in [3.63, 3.8) is 0 Å². The molecule has 0 aliphatic rings. The minimum absolute atomic E-state index is 0.303. The maximum Gasteiger partial charge on any atom is 0.248 e. The van der Waals surface area contributed by atoms with Gasteiger partial charge in [-0.05, 0) is 29.8 Å². The first-order valence-corrected chi connectivity index (χ1v) is 6.14. The summed E-state index contributed by atoms with van der Waals surface area (Å²) in [6.45, 7) is 0. The van der Waals surface area contributed by atoms with Gasteiger partial charge in [-0.15, -0.1) is 10.2 Å². The lowest BCUT2D eigenvalue weighted by atomic mass is 10.2. The third-order valence-electron chi connectivity index (χ3n) is 2.73. The van der Waals surface area contributed by atoms with Gasteiger partial charge in [0.1, 0.15) is 5.82 Å². The van der Waals surface area contributed by atoms with Crippen LogP contribution < -0.4 is 0 Å². The number of rotatable bonds is 3. The standard InChI is InChI=1S/C16H11FN2O/c17-14-8-4-7-13(11-14)16-19-18-15(20-16)10-9-12-5-2-1-3-6-12/h1-11H/b10-9+. The van der Waals surface area contributed by atoms with Crippen molar-refractivity contribution in [2.24, 2.45) is 0 Å². The highest BCUT2D eigenvalue weighted by Crippen LogP contribution is 2.19. The van der Waals surface area contributed by atoms with E-state index in [1.165, 1.54) is 12.1 Å². The van der Waals surface area contributed by atoms with Crippen molar-refractivity contribution < 1.29 is 8.81 Å². The molecule has 0 spiro atoms. The van der Waals surface area contributed by atoms with Gasteiger partial charge in [0, 0.05) is 11.6 Å². The number of nitrogens with zero attached hydrogens (tertiary/aromatic N) is 2. The summed E-state index contributed by atoms with van der Waals surface area (Å²) < 4.78 is 18.6. The van der Waals surface area contributed by atoms with E-state index in [9.17, 15) is 4.39 Å². The van der Waals surface area contributed by atoms with Gasteiger partial charge in [-0.1, -0.05) is 36.4 Å². The Kier molecular flexibility index (Phi) is 3.37. The Labute approximate surface area is 115 Å². The van der Waals surface area contributed by atoms with Gasteiger partial charge in [0.05, 0.1) is 0 Å². The molecule has 0 unspecified atom stereocenters. The van der Waals surface area contributed by atoms with E-state index in [0.717, 1.165) is 5.56 Å². The highest BCUT2D eigenvalue weighted by molar-refractivity contribution is 5.66.